The Labute approximate surface area is 291 Å². The molecule has 0 amide bonds. The van der Waals surface area contributed by atoms with E-state index in [1.54, 1.807) is 97.1 Å². The predicted molar refractivity (Wildman–Crippen MR) is 201 cm³/mol. The first-order valence-electron chi connectivity index (χ1n) is 15.7. The molecule has 0 bridgehead atoms. The van der Waals surface area contributed by atoms with Gasteiger partial charge in [0.1, 0.15) is 21.3 Å². The van der Waals surface area contributed by atoms with E-state index >= 15 is 0 Å². The van der Waals surface area contributed by atoms with Crippen molar-refractivity contribution < 1.29 is 25.2 Å². The van der Waals surface area contributed by atoms with Gasteiger partial charge < -0.3 is 8.37 Å². The van der Waals surface area contributed by atoms with Crippen molar-refractivity contribution in [1.82, 2.24) is 0 Å². The van der Waals surface area contributed by atoms with E-state index in [1.165, 1.54) is 0 Å². The molecule has 6 nitrogen and oxygen atoms in total. The van der Waals surface area contributed by atoms with E-state index in [1.807, 2.05) is 85.0 Å². The zero-order chi connectivity index (χ0) is 34.6. The minimum Gasteiger partial charge on any atom is -0.379 e. The molecule has 7 aromatic carbocycles. The van der Waals surface area contributed by atoms with E-state index in [0.29, 0.717) is 10.8 Å². The average molecular weight is 695 g/mol. The molecule has 7 aromatic rings. The Morgan fingerprint density at radius 2 is 0.640 bits per heavy atom. The van der Waals surface area contributed by atoms with Crippen molar-refractivity contribution in [1.29, 1.82) is 0 Å². The van der Waals surface area contributed by atoms with Gasteiger partial charge in [0.2, 0.25) is 0 Å². The summed E-state index contributed by atoms with van der Waals surface area (Å²) < 4.78 is 63.0. The lowest BCUT2D eigenvalue weighted by Crippen LogP contribution is -2.10. The van der Waals surface area contributed by atoms with E-state index in [0.717, 1.165) is 33.0 Å². The molecule has 0 saturated carbocycles. The Morgan fingerprint density at radius 1 is 0.340 bits per heavy atom. The van der Waals surface area contributed by atoms with Gasteiger partial charge in [-0.3, -0.25) is 0 Å². The first kappa shape index (κ1) is 32.6. The molecule has 0 N–H and O–H groups in total. The molecule has 0 unspecified atom stereocenters. The maximum atomic E-state index is 13.0. The summed E-state index contributed by atoms with van der Waals surface area (Å²) in [7, 11) is -8.02. The summed E-state index contributed by atoms with van der Waals surface area (Å²) in [4.78, 5) is 0.262. The third-order valence-corrected chi connectivity index (χ3v) is 10.7. The van der Waals surface area contributed by atoms with Gasteiger partial charge in [0.05, 0.1) is 0 Å². The minimum atomic E-state index is -4.01. The smallest absolute Gasteiger partial charge is 0.339 e. The summed E-state index contributed by atoms with van der Waals surface area (Å²) in [5.41, 5.74) is 3.77. The Bertz CT molecular complexity index is 2400. The molecular formula is C42H30O6S2. The fourth-order valence-electron chi connectivity index (χ4n) is 5.54. The average Bonchev–Trinajstić information content (AvgIpc) is 3.14. The van der Waals surface area contributed by atoms with E-state index < -0.39 is 20.2 Å². The predicted octanol–water partition coefficient (Wildman–Crippen LogP) is 9.87. The van der Waals surface area contributed by atoms with Gasteiger partial charge in [0, 0.05) is 10.8 Å². The Hall–Kier alpha value is -5.96. The second kappa shape index (κ2) is 13.9. The Balaban J connectivity index is 0.954. The van der Waals surface area contributed by atoms with Crippen molar-refractivity contribution in [2.24, 2.45) is 0 Å². The van der Waals surface area contributed by atoms with Gasteiger partial charge in [-0.15, -0.1) is 0 Å². The van der Waals surface area contributed by atoms with Crippen molar-refractivity contribution in [3.63, 3.8) is 0 Å². The highest BCUT2D eigenvalue weighted by Crippen LogP contribution is 2.28. The summed E-state index contributed by atoms with van der Waals surface area (Å²) in [6, 6.07) is 46.6. The molecule has 0 fully saturated rings. The van der Waals surface area contributed by atoms with E-state index in [4.69, 9.17) is 8.37 Å². The van der Waals surface area contributed by atoms with Gasteiger partial charge in [-0.05, 0) is 69.4 Å². The summed E-state index contributed by atoms with van der Waals surface area (Å²) in [5, 5.41) is 2.88. The Kier molecular flexibility index (Phi) is 9.04. The van der Waals surface area contributed by atoms with Crippen LogP contribution in [0.2, 0.25) is 0 Å². The van der Waals surface area contributed by atoms with Crippen LogP contribution in [0.1, 0.15) is 22.3 Å². The van der Waals surface area contributed by atoms with Crippen LogP contribution in [0.25, 0.3) is 45.8 Å². The molecular weight excluding hydrogens is 665 g/mol. The molecule has 0 saturated heterocycles. The van der Waals surface area contributed by atoms with Crippen LogP contribution in [-0.2, 0) is 20.2 Å². The van der Waals surface area contributed by atoms with Gasteiger partial charge in [-0.2, -0.15) is 16.8 Å². The van der Waals surface area contributed by atoms with Crippen LogP contribution in [0.3, 0.4) is 0 Å². The number of hydrogen-bond acceptors (Lipinski definition) is 6. The quantitative estimate of drug-likeness (QED) is 0.105. The summed E-state index contributed by atoms with van der Waals surface area (Å²) >= 11 is 0. The maximum Gasteiger partial charge on any atom is 0.339 e. The van der Waals surface area contributed by atoms with Crippen molar-refractivity contribution in [2.45, 2.75) is 9.79 Å². The highest BCUT2D eigenvalue weighted by molar-refractivity contribution is 7.87. The number of hydrogen-bond donors (Lipinski definition) is 0. The molecule has 0 atom stereocenters. The molecule has 7 rings (SSSR count). The maximum absolute atomic E-state index is 13.0. The van der Waals surface area contributed by atoms with Gasteiger partial charge in [0.15, 0.2) is 0 Å². The fraction of sp³-hybridized carbons (Fsp3) is 0. The van der Waals surface area contributed by atoms with Gasteiger partial charge in [0.25, 0.3) is 0 Å². The first-order valence-corrected chi connectivity index (χ1v) is 18.6. The molecule has 246 valence electrons. The zero-order valence-electron chi connectivity index (χ0n) is 26.6. The normalized spacial score (nSPS) is 12.2. The highest BCUT2D eigenvalue weighted by Gasteiger charge is 2.20. The second-order valence-corrected chi connectivity index (χ2v) is 14.5. The molecule has 0 heterocycles. The SMILES string of the molecule is O=S(=O)(Oc1ccc(/C=C/c2ccc(/C=C/c3ccc(OS(=O)(=O)c4cccc5ccccc45)cc3)cc2)cc1)c1cccc2ccccc12. The molecule has 0 aliphatic heterocycles. The molecule has 0 aliphatic rings. The third kappa shape index (κ3) is 7.37. The zero-order valence-corrected chi connectivity index (χ0v) is 28.2. The lowest BCUT2D eigenvalue weighted by atomic mass is 10.1. The van der Waals surface area contributed by atoms with Crippen LogP contribution in [0.15, 0.2) is 168 Å². The molecule has 0 aliphatic carbocycles. The molecule has 8 heteroatoms. The number of benzene rings is 7. The molecule has 0 aromatic heterocycles. The fourth-order valence-corrected chi connectivity index (χ4v) is 7.85. The van der Waals surface area contributed by atoms with Crippen LogP contribution in [0.5, 0.6) is 11.5 Å². The van der Waals surface area contributed by atoms with Crippen LogP contribution < -0.4 is 8.37 Å². The summed E-state index contributed by atoms with van der Waals surface area (Å²) in [5.74, 6) is 0.471. The van der Waals surface area contributed by atoms with Crippen LogP contribution in [0.4, 0.5) is 0 Å². The monoisotopic (exact) mass is 694 g/mol. The largest absolute Gasteiger partial charge is 0.379 e. The topological polar surface area (TPSA) is 86.7 Å². The van der Waals surface area contributed by atoms with Gasteiger partial charge in [-0.25, -0.2) is 0 Å². The van der Waals surface area contributed by atoms with Crippen molar-refractivity contribution in [3.05, 3.63) is 180 Å². The van der Waals surface area contributed by atoms with E-state index in [9.17, 15) is 16.8 Å². The number of fused-ring (bicyclic) bond motifs is 2. The van der Waals surface area contributed by atoms with Crippen LogP contribution in [-0.4, -0.2) is 16.8 Å². The third-order valence-electron chi connectivity index (χ3n) is 8.08. The van der Waals surface area contributed by atoms with Crippen molar-refractivity contribution in [2.75, 3.05) is 0 Å². The lowest BCUT2D eigenvalue weighted by molar-refractivity contribution is 0.485. The standard InChI is InChI=1S/C42H30O6S2/c43-49(44,41-13-5-9-35-7-1-3-11-39(35)41)47-37-27-23-33(24-28-37)21-19-31-15-17-32(18-16-31)20-22-34-25-29-38(30-26-34)48-50(45,46)42-14-6-10-36-8-2-4-12-40(36)42/h1-30H/b21-19+,22-20+. The van der Waals surface area contributed by atoms with Crippen molar-refractivity contribution in [3.8, 4) is 11.5 Å². The molecule has 50 heavy (non-hydrogen) atoms. The van der Waals surface area contributed by atoms with Crippen LogP contribution >= 0.6 is 0 Å². The van der Waals surface area contributed by atoms with E-state index in [-0.39, 0.29) is 21.3 Å². The Morgan fingerprint density at radius 3 is 1.00 bits per heavy atom. The van der Waals surface area contributed by atoms with Gasteiger partial charge >= 0.3 is 20.2 Å². The molecule has 0 spiro atoms. The molecule has 0 radical (unpaired) electrons. The van der Waals surface area contributed by atoms with Crippen LogP contribution in [0, 0.1) is 0 Å². The second-order valence-electron chi connectivity index (χ2n) is 11.5. The summed E-state index contributed by atoms with van der Waals surface area (Å²) in [6.07, 6.45) is 7.83. The van der Waals surface area contributed by atoms with E-state index in [2.05, 4.69) is 0 Å². The van der Waals surface area contributed by atoms with Crippen molar-refractivity contribution >= 4 is 66.1 Å². The lowest BCUT2D eigenvalue weighted by Gasteiger charge is -2.10. The van der Waals surface area contributed by atoms with Gasteiger partial charge in [-0.1, -0.05) is 146 Å². The number of rotatable bonds is 10. The first-order chi connectivity index (χ1) is 24.2. The minimum absolute atomic E-state index is 0.131. The summed E-state index contributed by atoms with van der Waals surface area (Å²) in [6.45, 7) is 0. The highest BCUT2D eigenvalue weighted by atomic mass is 32.2.